The fourth-order valence-corrected chi connectivity index (χ4v) is 4.49. The highest BCUT2D eigenvalue weighted by Crippen LogP contribution is 2.52. The summed E-state index contributed by atoms with van der Waals surface area (Å²) in [4.78, 5) is 0. The van der Waals surface area contributed by atoms with E-state index in [2.05, 4.69) is 37.4 Å². The third-order valence-electron chi connectivity index (χ3n) is 5.95. The summed E-state index contributed by atoms with van der Waals surface area (Å²) in [7, 11) is 3.75. The van der Waals surface area contributed by atoms with Gasteiger partial charge in [0.15, 0.2) is 0 Å². The Bertz CT molecular complexity index is 630. The van der Waals surface area contributed by atoms with Crippen molar-refractivity contribution >= 4 is 0 Å². The summed E-state index contributed by atoms with van der Waals surface area (Å²) in [6.07, 6.45) is 11.4. The van der Waals surface area contributed by atoms with Crippen LogP contribution in [0.1, 0.15) is 75.8 Å². The molecule has 3 N–H and O–H groups in total. The van der Waals surface area contributed by atoms with Crippen molar-refractivity contribution < 1.29 is 14.9 Å². The molecule has 5 atom stereocenters. The van der Waals surface area contributed by atoms with Crippen molar-refractivity contribution in [1.82, 2.24) is 5.32 Å². The van der Waals surface area contributed by atoms with Crippen LogP contribution in [0.4, 0.5) is 0 Å². The average molecular weight is 404 g/mol. The number of hydrogen-bond donors (Lipinski definition) is 3. The standard InChI is InChI=1S/C23H34O3.C2H7N/c1-3-5-7-11-17(24)13-14-18-20(25)15-21-22(18)19-12-8-10-16(9-6-4-2)23(19)26-21;1-3-2/h8,10,12-14,17-18,20-22,24-25H,3-7,9,11,15H2,1-2H3;3H,1-2H3/t17-,18-,20+,21-,22-;/m0./s1. The van der Waals surface area contributed by atoms with Gasteiger partial charge in [-0.3, -0.25) is 0 Å². The molecule has 4 heteroatoms. The molecule has 1 aromatic rings. The number of aliphatic hydroxyl groups excluding tert-OH is 2. The Balaban J connectivity index is 0.000000941. The van der Waals surface area contributed by atoms with Gasteiger partial charge in [-0.1, -0.05) is 69.9 Å². The van der Waals surface area contributed by atoms with Crippen molar-refractivity contribution in [2.24, 2.45) is 5.92 Å². The second-order valence-corrected chi connectivity index (χ2v) is 8.45. The molecular formula is C25H41NO3. The molecule has 0 bridgehead atoms. The molecule has 164 valence electrons. The maximum atomic E-state index is 10.5. The molecule has 1 aromatic carbocycles. The fourth-order valence-electron chi connectivity index (χ4n) is 4.49. The minimum Gasteiger partial charge on any atom is -0.489 e. The Kier molecular flexibility index (Phi) is 10.2. The van der Waals surface area contributed by atoms with Crippen molar-refractivity contribution in [3.05, 3.63) is 41.5 Å². The molecule has 1 saturated carbocycles. The molecule has 2 aliphatic rings. The lowest BCUT2D eigenvalue weighted by Gasteiger charge is -2.18. The Morgan fingerprint density at radius 1 is 1.17 bits per heavy atom. The smallest absolute Gasteiger partial charge is 0.126 e. The van der Waals surface area contributed by atoms with Crippen molar-refractivity contribution in [3.8, 4) is 5.75 Å². The van der Waals surface area contributed by atoms with E-state index in [0.29, 0.717) is 6.42 Å². The number of unbranched alkanes of at least 4 members (excludes halogenated alkanes) is 3. The van der Waals surface area contributed by atoms with Gasteiger partial charge in [-0.25, -0.2) is 0 Å². The van der Waals surface area contributed by atoms with Gasteiger partial charge in [0.05, 0.1) is 12.2 Å². The van der Waals surface area contributed by atoms with E-state index >= 15 is 0 Å². The van der Waals surface area contributed by atoms with Crippen LogP contribution in [0, 0.1) is 5.92 Å². The molecule has 4 nitrogen and oxygen atoms in total. The van der Waals surface area contributed by atoms with Crippen molar-refractivity contribution in [2.45, 2.75) is 89.4 Å². The van der Waals surface area contributed by atoms with Crippen LogP contribution in [-0.4, -0.2) is 42.6 Å². The molecule has 0 aromatic heterocycles. The molecule has 0 unspecified atom stereocenters. The van der Waals surface area contributed by atoms with E-state index < -0.39 is 12.2 Å². The first-order chi connectivity index (χ1) is 14.1. The van der Waals surface area contributed by atoms with E-state index in [4.69, 9.17) is 4.74 Å². The minimum absolute atomic E-state index is 0.0310. The number of hydrogen-bond acceptors (Lipinski definition) is 4. The monoisotopic (exact) mass is 403 g/mol. The number of fused-ring (bicyclic) bond motifs is 3. The number of para-hydroxylation sites is 1. The number of aliphatic hydroxyl groups is 2. The topological polar surface area (TPSA) is 61.7 Å². The van der Waals surface area contributed by atoms with E-state index in [1.807, 2.05) is 26.2 Å². The molecule has 1 aliphatic carbocycles. The zero-order chi connectivity index (χ0) is 21.2. The predicted molar refractivity (Wildman–Crippen MR) is 121 cm³/mol. The normalized spacial score (nSPS) is 25.9. The van der Waals surface area contributed by atoms with Gasteiger partial charge in [0, 0.05) is 23.8 Å². The molecule has 0 saturated heterocycles. The van der Waals surface area contributed by atoms with Crippen LogP contribution in [-0.2, 0) is 6.42 Å². The fraction of sp³-hybridized carbons (Fsp3) is 0.680. The summed E-state index contributed by atoms with van der Waals surface area (Å²) in [5, 5.41) is 23.5. The van der Waals surface area contributed by atoms with Crippen LogP contribution in [0.25, 0.3) is 0 Å². The SMILES string of the molecule is CCCCC[C@H](O)C=C[C@@H]1[C@H]2c3cccc(CCCC)c3O[C@H]2C[C@H]1O.CNC. The quantitative estimate of drug-likeness (QED) is 0.417. The third-order valence-corrected chi connectivity index (χ3v) is 5.95. The maximum absolute atomic E-state index is 10.5. The van der Waals surface area contributed by atoms with Crippen molar-refractivity contribution in [1.29, 1.82) is 0 Å². The van der Waals surface area contributed by atoms with E-state index in [0.717, 1.165) is 37.9 Å². The summed E-state index contributed by atoms with van der Waals surface area (Å²) in [5.41, 5.74) is 2.55. The summed E-state index contributed by atoms with van der Waals surface area (Å²) in [6.45, 7) is 4.38. The first kappa shape index (κ1) is 23.9. The Morgan fingerprint density at radius 3 is 2.59 bits per heavy atom. The number of rotatable bonds is 9. The van der Waals surface area contributed by atoms with Gasteiger partial charge < -0.3 is 20.3 Å². The summed E-state index contributed by atoms with van der Waals surface area (Å²) in [6, 6.07) is 6.46. The zero-order valence-electron chi connectivity index (χ0n) is 18.7. The molecule has 1 heterocycles. The van der Waals surface area contributed by atoms with Gasteiger partial charge >= 0.3 is 0 Å². The van der Waals surface area contributed by atoms with E-state index in [9.17, 15) is 10.2 Å². The van der Waals surface area contributed by atoms with E-state index in [1.165, 1.54) is 24.0 Å². The van der Waals surface area contributed by atoms with Crippen LogP contribution in [0.2, 0.25) is 0 Å². The van der Waals surface area contributed by atoms with Crippen LogP contribution < -0.4 is 10.1 Å². The summed E-state index contributed by atoms with van der Waals surface area (Å²) in [5.74, 6) is 1.30. The third kappa shape index (κ3) is 6.31. The molecule has 0 spiro atoms. The van der Waals surface area contributed by atoms with Crippen molar-refractivity contribution in [2.75, 3.05) is 14.1 Å². The van der Waals surface area contributed by atoms with Crippen molar-refractivity contribution in [3.63, 3.8) is 0 Å². The highest BCUT2D eigenvalue weighted by Gasteiger charge is 2.48. The number of benzene rings is 1. The van der Waals surface area contributed by atoms with Gasteiger partial charge in [-0.15, -0.1) is 0 Å². The lowest BCUT2D eigenvalue weighted by Crippen LogP contribution is -2.17. The number of nitrogens with one attached hydrogen (secondary N) is 1. The minimum atomic E-state index is -0.412. The van der Waals surface area contributed by atoms with Gasteiger partial charge in [-0.05, 0) is 38.9 Å². The van der Waals surface area contributed by atoms with Gasteiger partial charge in [0.1, 0.15) is 11.9 Å². The zero-order valence-corrected chi connectivity index (χ0v) is 18.7. The average Bonchev–Trinajstić information content (AvgIpc) is 3.20. The molecular weight excluding hydrogens is 362 g/mol. The second kappa shape index (κ2) is 12.4. The number of ether oxygens (including phenoxy) is 1. The first-order valence-electron chi connectivity index (χ1n) is 11.5. The lowest BCUT2D eigenvalue weighted by atomic mass is 9.86. The predicted octanol–water partition coefficient (Wildman–Crippen LogP) is 4.59. The van der Waals surface area contributed by atoms with Gasteiger partial charge in [0.25, 0.3) is 0 Å². The van der Waals surface area contributed by atoms with Gasteiger partial charge in [-0.2, -0.15) is 0 Å². The highest BCUT2D eigenvalue weighted by molar-refractivity contribution is 5.49. The number of aryl methyl sites for hydroxylation is 1. The largest absolute Gasteiger partial charge is 0.489 e. The molecule has 1 fully saturated rings. The molecule has 3 rings (SSSR count). The lowest BCUT2D eigenvalue weighted by molar-refractivity contribution is 0.135. The van der Waals surface area contributed by atoms with Gasteiger partial charge in [0.2, 0.25) is 0 Å². The molecule has 1 aliphatic heterocycles. The molecule has 29 heavy (non-hydrogen) atoms. The van der Waals surface area contributed by atoms with Crippen LogP contribution in [0.5, 0.6) is 5.75 Å². The summed E-state index contributed by atoms with van der Waals surface area (Å²) < 4.78 is 6.29. The van der Waals surface area contributed by atoms with Crippen LogP contribution >= 0.6 is 0 Å². The maximum Gasteiger partial charge on any atom is 0.126 e. The first-order valence-corrected chi connectivity index (χ1v) is 11.5. The van der Waals surface area contributed by atoms with Crippen LogP contribution in [0.3, 0.4) is 0 Å². The molecule has 0 radical (unpaired) electrons. The molecule has 0 amide bonds. The second-order valence-electron chi connectivity index (χ2n) is 8.45. The highest BCUT2D eigenvalue weighted by atomic mass is 16.5. The summed E-state index contributed by atoms with van der Waals surface area (Å²) >= 11 is 0. The Labute approximate surface area is 177 Å². The van der Waals surface area contributed by atoms with E-state index in [1.54, 1.807) is 0 Å². The Morgan fingerprint density at radius 2 is 1.90 bits per heavy atom. The van der Waals surface area contributed by atoms with Crippen LogP contribution in [0.15, 0.2) is 30.4 Å². The Hall–Kier alpha value is -1.36. The van der Waals surface area contributed by atoms with E-state index in [-0.39, 0.29) is 17.9 Å².